The summed E-state index contributed by atoms with van der Waals surface area (Å²) in [5.41, 5.74) is 8.60. The second kappa shape index (κ2) is 11.6. The minimum Gasteiger partial charge on any atom is -0.456 e. The number of amidine groups is 1. The van der Waals surface area contributed by atoms with Crippen LogP contribution in [0.15, 0.2) is 185 Å². The Morgan fingerprint density at radius 3 is 2.33 bits per heavy atom. The first kappa shape index (κ1) is 29.5. The van der Waals surface area contributed by atoms with E-state index in [1.165, 1.54) is 21.9 Å². The number of ether oxygens (including phenoxy) is 1. The van der Waals surface area contributed by atoms with Crippen molar-refractivity contribution in [2.45, 2.75) is 24.5 Å². The fourth-order valence-electron chi connectivity index (χ4n) is 8.10. The van der Waals surface area contributed by atoms with Crippen LogP contribution in [0.4, 0.5) is 5.69 Å². The lowest BCUT2D eigenvalue weighted by Crippen LogP contribution is -2.53. The molecule has 0 amide bonds. The Morgan fingerprint density at radius 1 is 0.686 bits per heavy atom. The van der Waals surface area contributed by atoms with Gasteiger partial charge < -0.3 is 15.0 Å². The van der Waals surface area contributed by atoms with Gasteiger partial charge >= 0.3 is 0 Å². The maximum atomic E-state index is 6.62. The van der Waals surface area contributed by atoms with Crippen molar-refractivity contribution in [2.24, 2.45) is 9.98 Å². The van der Waals surface area contributed by atoms with E-state index < -0.39 is 0 Å². The average Bonchev–Trinajstić information content (AvgIpc) is 3.32. The molecule has 0 fully saturated rings. The molecule has 5 nitrogen and oxygen atoms in total. The Kier molecular flexibility index (Phi) is 6.68. The first-order chi connectivity index (χ1) is 25.1. The van der Waals surface area contributed by atoms with Crippen molar-refractivity contribution in [1.29, 1.82) is 0 Å². The number of nitrogens with one attached hydrogen (secondary N) is 1. The number of benzene rings is 6. The Hall–Kier alpha value is -6.46. The molecule has 0 radical (unpaired) electrons. The zero-order valence-corrected chi connectivity index (χ0v) is 28.1. The first-order valence-electron chi connectivity index (χ1n) is 17.5. The SMILES string of the molecule is C[C@]12C=CC3=C(C=Cc4ccccc4O3)C1N(C1=NC(c3ccc(-c4cccc5ccccc45)cc3)=NC(c3ccccc3)N1)c1ccccc12. The summed E-state index contributed by atoms with van der Waals surface area (Å²) >= 11 is 0. The number of anilines is 1. The van der Waals surface area contributed by atoms with Crippen LogP contribution in [0, 0.1) is 0 Å². The van der Waals surface area contributed by atoms with Gasteiger partial charge in [-0.3, -0.25) is 0 Å². The summed E-state index contributed by atoms with van der Waals surface area (Å²) in [6.07, 6.45) is 8.52. The van der Waals surface area contributed by atoms with Gasteiger partial charge in [-0.2, -0.15) is 4.99 Å². The molecule has 51 heavy (non-hydrogen) atoms. The molecule has 3 aliphatic heterocycles. The monoisotopic (exact) mass is 658 g/mol. The molecule has 0 bridgehead atoms. The number of guanidine groups is 1. The number of allylic oxidation sites excluding steroid dienone is 1. The molecule has 0 spiro atoms. The van der Waals surface area contributed by atoms with Gasteiger partial charge in [0, 0.05) is 27.8 Å². The summed E-state index contributed by atoms with van der Waals surface area (Å²) in [6.45, 7) is 2.32. The summed E-state index contributed by atoms with van der Waals surface area (Å²) in [4.78, 5) is 12.9. The predicted molar refractivity (Wildman–Crippen MR) is 208 cm³/mol. The molecule has 0 saturated carbocycles. The van der Waals surface area contributed by atoms with Gasteiger partial charge in [0.1, 0.15) is 17.7 Å². The van der Waals surface area contributed by atoms with Gasteiger partial charge in [0.15, 0.2) is 5.84 Å². The van der Waals surface area contributed by atoms with E-state index >= 15 is 0 Å². The van der Waals surface area contributed by atoms with E-state index in [-0.39, 0.29) is 17.6 Å². The van der Waals surface area contributed by atoms with Crippen molar-refractivity contribution < 1.29 is 4.74 Å². The Labute approximate surface area is 297 Å². The number of aliphatic imine (C=N–C) groups is 2. The molecule has 0 saturated heterocycles. The third-order valence-electron chi connectivity index (χ3n) is 10.6. The van der Waals surface area contributed by atoms with Crippen molar-refractivity contribution in [2.75, 3.05) is 4.90 Å². The molecule has 1 N–H and O–H groups in total. The summed E-state index contributed by atoms with van der Waals surface area (Å²) < 4.78 is 6.62. The Morgan fingerprint density at radius 2 is 1.43 bits per heavy atom. The van der Waals surface area contributed by atoms with Crippen LogP contribution < -0.4 is 15.0 Å². The summed E-state index contributed by atoms with van der Waals surface area (Å²) in [6, 6.07) is 50.9. The third-order valence-corrected chi connectivity index (χ3v) is 10.6. The minimum atomic E-state index is -0.332. The zero-order chi connectivity index (χ0) is 33.9. The molecule has 4 aliphatic rings. The molecule has 6 aromatic rings. The highest BCUT2D eigenvalue weighted by Crippen LogP contribution is 2.52. The molecular weight excluding hydrogens is 625 g/mol. The molecule has 5 heteroatoms. The first-order valence-corrected chi connectivity index (χ1v) is 17.5. The van der Waals surface area contributed by atoms with Crippen molar-refractivity contribution in [3.63, 3.8) is 0 Å². The lowest BCUT2D eigenvalue weighted by Gasteiger charge is -2.40. The minimum absolute atomic E-state index is 0.115. The van der Waals surface area contributed by atoms with Crippen molar-refractivity contribution in [3.8, 4) is 16.9 Å². The zero-order valence-electron chi connectivity index (χ0n) is 28.1. The Balaban J connectivity index is 1.10. The standard InChI is InChI=1S/C46H34N4O/c1-46-29-28-41-37(27-26-32-13-6-10-21-40(32)51-41)42(46)50(39-20-9-8-19-38(39)46)45-48-43(33-14-3-2-4-15-33)47-44(49-45)34-24-22-31(23-25-34)36-18-11-16-30-12-5-7-17-35(30)36/h2-29,42-43H,1H3,(H,47,48,49)/t42?,43?,46-/m1/s1. The fraction of sp³-hybridized carbons (Fsp3) is 0.0870. The van der Waals surface area contributed by atoms with Gasteiger partial charge in [-0.15, -0.1) is 0 Å². The van der Waals surface area contributed by atoms with E-state index in [1.54, 1.807) is 0 Å². The molecule has 6 aromatic carbocycles. The fourth-order valence-corrected chi connectivity index (χ4v) is 8.10. The maximum Gasteiger partial charge on any atom is 0.207 e. The van der Waals surface area contributed by atoms with Crippen LogP contribution in [0.1, 0.15) is 35.3 Å². The predicted octanol–water partition coefficient (Wildman–Crippen LogP) is 9.99. The Bertz CT molecular complexity index is 2500. The van der Waals surface area contributed by atoms with Crippen LogP contribution in [0.5, 0.6) is 5.75 Å². The van der Waals surface area contributed by atoms with Crippen LogP contribution in [-0.2, 0) is 5.41 Å². The van der Waals surface area contributed by atoms with E-state index in [0.717, 1.165) is 51.0 Å². The van der Waals surface area contributed by atoms with Gasteiger partial charge in [0.25, 0.3) is 0 Å². The number of hydrogen-bond donors (Lipinski definition) is 1. The highest BCUT2D eigenvalue weighted by molar-refractivity contribution is 6.13. The average molecular weight is 659 g/mol. The quantitative estimate of drug-likeness (QED) is 0.206. The highest BCUT2D eigenvalue weighted by atomic mass is 16.5. The molecule has 244 valence electrons. The molecule has 3 heterocycles. The highest BCUT2D eigenvalue weighted by Gasteiger charge is 2.52. The number of hydrogen-bond acceptors (Lipinski definition) is 5. The number of para-hydroxylation sites is 2. The smallest absolute Gasteiger partial charge is 0.207 e. The van der Waals surface area contributed by atoms with Crippen molar-refractivity contribution in [3.05, 3.63) is 197 Å². The van der Waals surface area contributed by atoms with Crippen LogP contribution in [0.3, 0.4) is 0 Å². The maximum absolute atomic E-state index is 6.62. The van der Waals surface area contributed by atoms with E-state index in [9.17, 15) is 0 Å². The topological polar surface area (TPSA) is 49.2 Å². The van der Waals surface area contributed by atoms with Crippen molar-refractivity contribution in [1.82, 2.24) is 5.32 Å². The molecular formula is C46H34N4O. The third kappa shape index (κ3) is 4.77. The van der Waals surface area contributed by atoms with Gasteiger partial charge in [-0.1, -0.05) is 152 Å². The number of fused-ring (bicyclic) bond motifs is 6. The normalized spacial score (nSPS) is 21.4. The molecule has 10 rings (SSSR count). The summed E-state index contributed by atoms with van der Waals surface area (Å²) in [7, 11) is 0. The van der Waals surface area contributed by atoms with E-state index in [1.807, 2.05) is 24.3 Å². The molecule has 1 aliphatic carbocycles. The van der Waals surface area contributed by atoms with E-state index in [0.29, 0.717) is 5.84 Å². The number of nitrogens with zero attached hydrogens (tertiary/aromatic N) is 3. The lowest BCUT2D eigenvalue weighted by atomic mass is 9.72. The molecule has 3 atom stereocenters. The van der Waals surface area contributed by atoms with Crippen LogP contribution >= 0.6 is 0 Å². The largest absolute Gasteiger partial charge is 0.456 e. The molecule has 2 unspecified atom stereocenters. The summed E-state index contributed by atoms with van der Waals surface area (Å²) in [5, 5.41) is 6.23. The van der Waals surface area contributed by atoms with Gasteiger partial charge in [-0.05, 0) is 58.2 Å². The van der Waals surface area contributed by atoms with Crippen LogP contribution in [-0.4, -0.2) is 17.8 Å². The van der Waals surface area contributed by atoms with E-state index in [2.05, 4.69) is 163 Å². The summed E-state index contributed by atoms with van der Waals surface area (Å²) in [5.74, 6) is 3.15. The van der Waals surface area contributed by atoms with Gasteiger partial charge in [0.05, 0.1) is 6.04 Å². The van der Waals surface area contributed by atoms with Crippen molar-refractivity contribution >= 4 is 34.3 Å². The molecule has 0 aromatic heterocycles. The van der Waals surface area contributed by atoms with Crippen LogP contribution in [0.2, 0.25) is 0 Å². The second-order valence-electron chi connectivity index (χ2n) is 13.6. The van der Waals surface area contributed by atoms with E-state index in [4.69, 9.17) is 14.7 Å². The van der Waals surface area contributed by atoms with Gasteiger partial charge in [-0.25, -0.2) is 4.99 Å². The second-order valence-corrected chi connectivity index (χ2v) is 13.6. The number of rotatable bonds is 3. The van der Waals surface area contributed by atoms with Gasteiger partial charge in [0.2, 0.25) is 5.96 Å². The lowest BCUT2D eigenvalue weighted by molar-refractivity contribution is 0.415. The van der Waals surface area contributed by atoms with Crippen LogP contribution in [0.25, 0.3) is 28.0 Å².